The SMILES string of the molecule is COc1nnc(-c2cc(C)ccc2C(N)=O)cc1N1CCOCC1. The summed E-state index contributed by atoms with van der Waals surface area (Å²) in [6.45, 7) is 4.75. The van der Waals surface area contributed by atoms with Crippen molar-refractivity contribution in [2.75, 3.05) is 38.3 Å². The number of hydrogen-bond acceptors (Lipinski definition) is 6. The monoisotopic (exact) mass is 328 g/mol. The summed E-state index contributed by atoms with van der Waals surface area (Å²) in [6.07, 6.45) is 0. The molecule has 2 aromatic rings. The van der Waals surface area contributed by atoms with Crippen LogP contribution in [0, 0.1) is 6.92 Å². The Hall–Kier alpha value is -2.67. The number of anilines is 1. The molecule has 1 aromatic carbocycles. The predicted molar refractivity (Wildman–Crippen MR) is 90.3 cm³/mol. The third-order valence-corrected chi connectivity index (χ3v) is 4.00. The number of amides is 1. The van der Waals surface area contributed by atoms with E-state index in [-0.39, 0.29) is 0 Å². The number of morpholine rings is 1. The number of hydrogen-bond donors (Lipinski definition) is 1. The molecule has 0 atom stereocenters. The standard InChI is InChI=1S/C17H20N4O3/c1-11-3-4-12(16(18)22)13(9-11)14-10-15(17(23-2)20-19-14)21-5-7-24-8-6-21/h3-4,9-10H,5-8H2,1-2H3,(H2,18,22). The van der Waals surface area contributed by atoms with E-state index in [9.17, 15) is 4.79 Å². The Bertz CT molecular complexity index is 757. The summed E-state index contributed by atoms with van der Waals surface area (Å²) in [7, 11) is 1.56. The highest BCUT2D eigenvalue weighted by atomic mass is 16.5. The molecule has 1 aromatic heterocycles. The minimum absolute atomic E-state index is 0.424. The summed E-state index contributed by atoms with van der Waals surface area (Å²) < 4.78 is 10.7. The van der Waals surface area contributed by atoms with E-state index in [1.807, 2.05) is 25.1 Å². The number of primary amides is 1. The van der Waals surface area contributed by atoms with Gasteiger partial charge in [0, 0.05) is 24.2 Å². The highest BCUT2D eigenvalue weighted by Gasteiger charge is 2.20. The van der Waals surface area contributed by atoms with Crippen LogP contribution in [-0.2, 0) is 4.74 Å². The predicted octanol–water partition coefficient (Wildman–Crippen LogP) is 1.40. The molecular weight excluding hydrogens is 308 g/mol. The lowest BCUT2D eigenvalue weighted by atomic mass is 10.0. The van der Waals surface area contributed by atoms with E-state index in [1.165, 1.54) is 0 Å². The molecule has 7 nitrogen and oxygen atoms in total. The number of ether oxygens (including phenoxy) is 2. The van der Waals surface area contributed by atoms with Gasteiger partial charge in [0.25, 0.3) is 5.88 Å². The van der Waals surface area contributed by atoms with Crippen molar-refractivity contribution in [1.29, 1.82) is 0 Å². The summed E-state index contributed by atoms with van der Waals surface area (Å²) in [4.78, 5) is 13.9. The van der Waals surface area contributed by atoms with Crippen LogP contribution in [0.1, 0.15) is 15.9 Å². The normalized spacial score (nSPS) is 14.5. The molecule has 7 heteroatoms. The van der Waals surface area contributed by atoms with E-state index in [2.05, 4.69) is 15.1 Å². The Kier molecular flexibility index (Phi) is 4.61. The smallest absolute Gasteiger partial charge is 0.257 e. The Morgan fingerprint density at radius 2 is 2.00 bits per heavy atom. The molecular formula is C17H20N4O3. The fourth-order valence-electron chi connectivity index (χ4n) is 2.76. The third-order valence-electron chi connectivity index (χ3n) is 4.00. The molecule has 1 aliphatic heterocycles. The van der Waals surface area contributed by atoms with Crippen LogP contribution in [0.15, 0.2) is 24.3 Å². The molecule has 2 N–H and O–H groups in total. The van der Waals surface area contributed by atoms with Crippen LogP contribution >= 0.6 is 0 Å². The molecule has 0 spiro atoms. The van der Waals surface area contributed by atoms with Crippen LogP contribution < -0.4 is 15.4 Å². The number of aryl methyl sites for hydroxylation is 1. The van der Waals surface area contributed by atoms with Crippen LogP contribution in [0.4, 0.5) is 5.69 Å². The third kappa shape index (κ3) is 3.16. The van der Waals surface area contributed by atoms with E-state index in [0.717, 1.165) is 24.3 Å². The van der Waals surface area contributed by atoms with E-state index >= 15 is 0 Å². The van der Waals surface area contributed by atoms with Gasteiger partial charge in [-0.15, -0.1) is 10.2 Å². The number of nitrogens with two attached hydrogens (primary N) is 1. The summed E-state index contributed by atoms with van der Waals surface area (Å²) in [5, 5.41) is 8.39. The minimum Gasteiger partial charge on any atom is -0.478 e. The van der Waals surface area contributed by atoms with Crippen LogP contribution in [0.5, 0.6) is 5.88 Å². The molecule has 0 unspecified atom stereocenters. The van der Waals surface area contributed by atoms with Gasteiger partial charge < -0.3 is 20.1 Å². The van der Waals surface area contributed by atoms with E-state index in [4.69, 9.17) is 15.2 Å². The lowest BCUT2D eigenvalue weighted by Crippen LogP contribution is -2.36. The van der Waals surface area contributed by atoms with Crippen molar-refractivity contribution >= 4 is 11.6 Å². The Morgan fingerprint density at radius 1 is 1.25 bits per heavy atom. The molecule has 24 heavy (non-hydrogen) atoms. The van der Waals surface area contributed by atoms with Gasteiger partial charge in [0.1, 0.15) is 5.69 Å². The second-order valence-electron chi connectivity index (χ2n) is 5.64. The number of aromatic nitrogens is 2. The van der Waals surface area contributed by atoms with Crippen molar-refractivity contribution in [3.05, 3.63) is 35.4 Å². The molecule has 1 amide bonds. The van der Waals surface area contributed by atoms with E-state index in [1.54, 1.807) is 13.2 Å². The molecule has 0 radical (unpaired) electrons. The number of carbonyl (C=O) groups excluding carboxylic acids is 1. The molecule has 1 saturated heterocycles. The topological polar surface area (TPSA) is 90.6 Å². The van der Waals surface area contributed by atoms with Crippen LogP contribution in [-0.4, -0.2) is 49.5 Å². The van der Waals surface area contributed by atoms with Crippen molar-refractivity contribution in [2.24, 2.45) is 5.73 Å². The number of rotatable bonds is 4. The zero-order valence-electron chi connectivity index (χ0n) is 13.8. The number of methoxy groups -OCH3 is 1. The summed E-state index contributed by atoms with van der Waals surface area (Å²) >= 11 is 0. The van der Waals surface area contributed by atoms with Crippen LogP contribution in [0.3, 0.4) is 0 Å². The summed E-state index contributed by atoms with van der Waals surface area (Å²) in [6, 6.07) is 7.34. The van der Waals surface area contributed by atoms with Crippen molar-refractivity contribution in [3.63, 3.8) is 0 Å². The maximum atomic E-state index is 11.7. The molecule has 1 aliphatic rings. The number of carbonyl (C=O) groups is 1. The van der Waals surface area contributed by atoms with Gasteiger partial charge in [0.05, 0.1) is 26.0 Å². The largest absolute Gasteiger partial charge is 0.478 e. The first kappa shape index (κ1) is 16.2. The summed E-state index contributed by atoms with van der Waals surface area (Å²) in [5.74, 6) is -0.0375. The van der Waals surface area contributed by atoms with Gasteiger partial charge in [-0.1, -0.05) is 11.6 Å². The first-order valence-electron chi connectivity index (χ1n) is 7.75. The quantitative estimate of drug-likeness (QED) is 0.912. The second kappa shape index (κ2) is 6.84. The lowest BCUT2D eigenvalue weighted by molar-refractivity contribution is 0.100. The average Bonchev–Trinajstić information content (AvgIpc) is 2.61. The van der Waals surface area contributed by atoms with Gasteiger partial charge in [-0.05, 0) is 25.1 Å². The molecule has 0 saturated carbocycles. The molecule has 2 heterocycles. The average molecular weight is 328 g/mol. The molecule has 126 valence electrons. The zero-order valence-corrected chi connectivity index (χ0v) is 13.8. The van der Waals surface area contributed by atoms with E-state index in [0.29, 0.717) is 35.9 Å². The molecule has 0 aliphatic carbocycles. The van der Waals surface area contributed by atoms with Gasteiger partial charge >= 0.3 is 0 Å². The van der Waals surface area contributed by atoms with Crippen molar-refractivity contribution in [1.82, 2.24) is 10.2 Å². The fraction of sp³-hybridized carbons (Fsp3) is 0.353. The Morgan fingerprint density at radius 3 is 2.67 bits per heavy atom. The first-order chi connectivity index (χ1) is 11.6. The minimum atomic E-state index is -0.490. The number of benzene rings is 1. The summed E-state index contributed by atoms with van der Waals surface area (Å²) in [5.41, 5.74) is 9.04. The lowest BCUT2D eigenvalue weighted by Gasteiger charge is -2.29. The Labute approximate surface area is 140 Å². The van der Waals surface area contributed by atoms with Gasteiger partial charge in [-0.3, -0.25) is 4.79 Å². The van der Waals surface area contributed by atoms with Crippen molar-refractivity contribution < 1.29 is 14.3 Å². The number of nitrogens with zero attached hydrogens (tertiary/aromatic N) is 3. The Balaban J connectivity index is 2.09. The molecule has 3 rings (SSSR count). The first-order valence-corrected chi connectivity index (χ1v) is 7.75. The highest BCUT2D eigenvalue weighted by molar-refractivity contribution is 5.99. The van der Waals surface area contributed by atoms with Crippen LogP contribution in [0.25, 0.3) is 11.3 Å². The van der Waals surface area contributed by atoms with Gasteiger partial charge in [0.2, 0.25) is 5.91 Å². The second-order valence-corrected chi connectivity index (χ2v) is 5.64. The molecule has 0 bridgehead atoms. The van der Waals surface area contributed by atoms with Gasteiger partial charge in [-0.25, -0.2) is 0 Å². The maximum absolute atomic E-state index is 11.7. The van der Waals surface area contributed by atoms with Crippen LogP contribution in [0.2, 0.25) is 0 Å². The van der Waals surface area contributed by atoms with Crippen molar-refractivity contribution in [3.8, 4) is 17.1 Å². The zero-order chi connectivity index (χ0) is 17.1. The molecule has 1 fully saturated rings. The fourth-order valence-corrected chi connectivity index (χ4v) is 2.76. The van der Waals surface area contributed by atoms with Crippen molar-refractivity contribution in [2.45, 2.75) is 6.92 Å². The maximum Gasteiger partial charge on any atom is 0.257 e. The van der Waals surface area contributed by atoms with Gasteiger partial charge in [0.15, 0.2) is 0 Å². The van der Waals surface area contributed by atoms with Gasteiger partial charge in [-0.2, -0.15) is 0 Å². The highest BCUT2D eigenvalue weighted by Crippen LogP contribution is 2.31. The van der Waals surface area contributed by atoms with E-state index < -0.39 is 5.91 Å².